The fourth-order valence-corrected chi connectivity index (χ4v) is 1.55. The Kier molecular flexibility index (Phi) is 3.24. The van der Waals surface area contributed by atoms with Gasteiger partial charge in [0.1, 0.15) is 18.2 Å². The van der Waals surface area contributed by atoms with Crippen molar-refractivity contribution in [3.05, 3.63) is 18.2 Å². The molecular formula is C11H14N4O2. The van der Waals surface area contributed by atoms with Gasteiger partial charge in [-0.3, -0.25) is 0 Å². The molecule has 0 bridgehead atoms. The zero-order valence-corrected chi connectivity index (χ0v) is 9.51. The van der Waals surface area contributed by atoms with E-state index in [1.807, 2.05) is 18.2 Å². The van der Waals surface area contributed by atoms with Crippen LogP contribution in [-0.4, -0.2) is 30.3 Å². The van der Waals surface area contributed by atoms with Gasteiger partial charge in [0.2, 0.25) is 5.95 Å². The van der Waals surface area contributed by atoms with Crippen LogP contribution in [0.15, 0.2) is 18.2 Å². The van der Waals surface area contributed by atoms with Crippen molar-refractivity contribution in [2.45, 2.75) is 0 Å². The van der Waals surface area contributed by atoms with Gasteiger partial charge in [-0.05, 0) is 12.1 Å². The molecule has 90 valence electrons. The molecule has 0 aliphatic rings. The van der Waals surface area contributed by atoms with Gasteiger partial charge < -0.3 is 20.9 Å². The summed E-state index contributed by atoms with van der Waals surface area (Å²) in [5.41, 5.74) is 12.0. The van der Waals surface area contributed by atoms with Gasteiger partial charge in [-0.25, -0.2) is 4.98 Å². The molecule has 0 fully saturated rings. The minimum atomic E-state index is 0.157. The van der Waals surface area contributed by atoms with Crippen molar-refractivity contribution < 1.29 is 9.47 Å². The Bertz CT molecular complexity index is 530. The largest absolute Gasteiger partial charge is 0.490 e. The average molecular weight is 234 g/mol. The molecule has 0 spiro atoms. The van der Waals surface area contributed by atoms with E-state index in [2.05, 4.69) is 9.97 Å². The number of nitrogens with zero attached hydrogens (tertiary/aromatic N) is 2. The molecule has 4 N–H and O–H groups in total. The molecule has 0 radical (unpaired) electrons. The summed E-state index contributed by atoms with van der Waals surface area (Å²) < 4.78 is 10.5. The molecule has 1 aromatic heterocycles. The topological polar surface area (TPSA) is 96.3 Å². The lowest BCUT2D eigenvalue weighted by Crippen LogP contribution is -2.06. The van der Waals surface area contributed by atoms with Crippen molar-refractivity contribution in [1.82, 2.24) is 9.97 Å². The summed E-state index contributed by atoms with van der Waals surface area (Å²) in [6, 6.07) is 5.46. The van der Waals surface area contributed by atoms with E-state index in [0.717, 1.165) is 0 Å². The van der Waals surface area contributed by atoms with E-state index in [1.54, 1.807) is 7.11 Å². The first-order valence-electron chi connectivity index (χ1n) is 5.16. The molecule has 1 aromatic carbocycles. The second kappa shape index (κ2) is 4.84. The molecule has 0 aliphatic heterocycles. The highest BCUT2D eigenvalue weighted by Crippen LogP contribution is 2.28. The fourth-order valence-electron chi connectivity index (χ4n) is 1.55. The van der Waals surface area contributed by atoms with Crippen LogP contribution >= 0.6 is 0 Å². The lowest BCUT2D eigenvalue weighted by molar-refractivity contribution is 0.147. The highest BCUT2D eigenvalue weighted by Gasteiger charge is 2.09. The SMILES string of the molecule is COCCOc1cccc2nc(N)nc(N)c12. The molecule has 0 saturated heterocycles. The number of nitrogen functional groups attached to an aromatic ring is 2. The maximum absolute atomic E-state index is 5.82. The second-order valence-electron chi connectivity index (χ2n) is 3.46. The number of nitrogens with two attached hydrogens (primary N) is 2. The van der Waals surface area contributed by atoms with Crippen molar-refractivity contribution in [2.75, 3.05) is 31.8 Å². The second-order valence-corrected chi connectivity index (χ2v) is 3.46. The third kappa shape index (κ3) is 2.36. The van der Waals surface area contributed by atoms with E-state index >= 15 is 0 Å². The van der Waals surface area contributed by atoms with Crippen LogP contribution in [0.25, 0.3) is 10.9 Å². The van der Waals surface area contributed by atoms with Crippen LogP contribution in [0.3, 0.4) is 0 Å². The van der Waals surface area contributed by atoms with E-state index in [9.17, 15) is 0 Å². The van der Waals surface area contributed by atoms with E-state index in [-0.39, 0.29) is 5.95 Å². The molecule has 17 heavy (non-hydrogen) atoms. The zero-order valence-electron chi connectivity index (χ0n) is 9.51. The third-order valence-corrected chi connectivity index (χ3v) is 2.28. The Labute approximate surface area is 98.6 Å². The molecule has 2 aromatic rings. The summed E-state index contributed by atoms with van der Waals surface area (Å²) in [6.45, 7) is 0.950. The minimum Gasteiger partial charge on any atom is -0.490 e. The number of fused-ring (bicyclic) bond motifs is 1. The first-order valence-corrected chi connectivity index (χ1v) is 5.16. The smallest absolute Gasteiger partial charge is 0.222 e. The summed E-state index contributed by atoms with van der Waals surface area (Å²) >= 11 is 0. The van der Waals surface area contributed by atoms with Gasteiger partial charge in [-0.15, -0.1) is 0 Å². The van der Waals surface area contributed by atoms with E-state index in [0.29, 0.717) is 35.7 Å². The maximum Gasteiger partial charge on any atom is 0.222 e. The van der Waals surface area contributed by atoms with E-state index in [1.165, 1.54) is 0 Å². The molecule has 0 saturated carbocycles. The molecular weight excluding hydrogens is 220 g/mol. The molecule has 1 heterocycles. The van der Waals surface area contributed by atoms with Gasteiger partial charge in [0, 0.05) is 7.11 Å². The minimum absolute atomic E-state index is 0.157. The Balaban J connectivity index is 2.42. The summed E-state index contributed by atoms with van der Waals surface area (Å²) in [4.78, 5) is 8.02. The van der Waals surface area contributed by atoms with Crippen molar-refractivity contribution in [3.8, 4) is 5.75 Å². The summed E-state index contributed by atoms with van der Waals surface area (Å²) in [5.74, 6) is 1.11. The Morgan fingerprint density at radius 1 is 1.18 bits per heavy atom. The Morgan fingerprint density at radius 2 is 2.00 bits per heavy atom. The van der Waals surface area contributed by atoms with E-state index in [4.69, 9.17) is 20.9 Å². The number of rotatable bonds is 4. The van der Waals surface area contributed by atoms with Crippen molar-refractivity contribution >= 4 is 22.7 Å². The standard InChI is InChI=1S/C11H14N4O2/c1-16-5-6-17-8-4-2-3-7-9(8)10(12)15-11(13)14-7/h2-4H,5-6H2,1H3,(H4,12,13,14,15). The number of hydrogen-bond donors (Lipinski definition) is 2. The van der Waals surface area contributed by atoms with Crippen molar-refractivity contribution in [2.24, 2.45) is 0 Å². The summed E-state index contributed by atoms with van der Waals surface area (Å²) in [5, 5.41) is 0.679. The molecule has 6 heteroatoms. The van der Waals surface area contributed by atoms with Crippen LogP contribution < -0.4 is 16.2 Å². The highest BCUT2D eigenvalue weighted by atomic mass is 16.5. The van der Waals surface area contributed by atoms with Crippen LogP contribution in [0.4, 0.5) is 11.8 Å². The first kappa shape index (κ1) is 11.4. The van der Waals surface area contributed by atoms with Crippen LogP contribution in [-0.2, 0) is 4.74 Å². The van der Waals surface area contributed by atoms with E-state index < -0.39 is 0 Å². The molecule has 0 unspecified atom stereocenters. The Hall–Kier alpha value is -2.08. The lowest BCUT2D eigenvalue weighted by Gasteiger charge is -2.10. The number of hydrogen-bond acceptors (Lipinski definition) is 6. The normalized spacial score (nSPS) is 10.6. The first-order chi connectivity index (χ1) is 8.22. The van der Waals surface area contributed by atoms with Crippen molar-refractivity contribution in [3.63, 3.8) is 0 Å². The van der Waals surface area contributed by atoms with Gasteiger partial charge in [0.25, 0.3) is 0 Å². The van der Waals surface area contributed by atoms with Gasteiger partial charge in [0.15, 0.2) is 0 Å². The lowest BCUT2D eigenvalue weighted by atomic mass is 10.2. The van der Waals surface area contributed by atoms with Gasteiger partial charge >= 0.3 is 0 Å². The third-order valence-electron chi connectivity index (χ3n) is 2.28. The summed E-state index contributed by atoms with van der Waals surface area (Å²) in [7, 11) is 1.62. The highest BCUT2D eigenvalue weighted by molar-refractivity contribution is 5.94. The van der Waals surface area contributed by atoms with Gasteiger partial charge in [-0.2, -0.15) is 4.98 Å². The Morgan fingerprint density at radius 3 is 2.76 bits per heavy atom. The molecule has 6 nitrogen and oxygen atoms in total. The number of anilines is 2. The maximum atomic E-state index is 5.82. The van der Waals surface area contributed by atoms with Crippen LogP contribution in [0.5, 0.6) is 5.75 Å². The van der Waals surface area contributed by atoms with Crippen molar-refractivity contribution in [1.29, 1.82) is 0 Å². The monoisotopic (exact) mass is 234 g/mol. The van der Waals surface area contributed by atoms with Gasteiger partial charge in [-0.1, -0.05) is 6.07 Å². The number of methoxy groups -OCH3 is 1. The summed E-state index contributed by atoms with van der Waals surface area (Å²) in [6.07, 6.45) is 0. The number of ether oxygens (including phenoxy) is 2. The number of aromatic nitrogens is 2. The predicted molar refractivity (Wildman–Crippen MR) is 65.7 cm³/mol. The molecule has 0 amide bonds. The average Bonchev–Trinajstić information content (AvgIpc) is 2.28. The molecule has 0 atom stereocenters. The van der Waals surface area contributed by atoms with Crippen LogP contribution in [0, 0.1) is 0 Å². The zero-order chi connectivity index (χ0) is 12.3. The van der Waals surface area contributed by atoms with Crippen LogP contribution in [0.1, 0.15) is 0 Å². The fraction of sp³-hybridized carbons (Fsp3) is 0.273. The predicted octanol–water partition coefficient (Wildman–Crippen LogP) is 0.819. The molecule has 2 rings (SSSR count). The molecule has 0 aliphatic carbocycles. The van der Waals surface area contributed by atoms with Crippen LogP contribution in [0.2, 0.25) is 0 Å². The van der Waals surface area contributed by atoms with Gasteiger partial charge in [0.05, 0.1) is 17.5 Å². The quantitative estimate of drug-likeness (QED) is 0.760. The number of benzene rings is 1.